The third kappa shape index (κ3) is 3.78. The Bertz CT molecular complexity index is 946. The third-order valence-electron chi connectivity index (χ3n) is 5.29. The molecule has 7 nitrogen and oxygen atoms in total. The number of fused-ring (bicyclic) bond motifs is 1. The van der Waals surface area contributed by atoms with Crippen LogP contribution in [0.4, 0.5) is 10.5 Å². The standard InChI is InChI=1S/C21H26N6O/c1-3-17(20-23-18-5-4-15(2)14-19(18)24-20)25-21(28)27-12-10-26(11-13-27)16-6-8-22-9-7-16/h4-9,14,17H,3,10-13H2,1-2H3,(H,23,24)(H,25,28)/t17-/m1/s1. The Morgan fingerprint density at radius 3 is 2.64 bits per heavy atom. The number of aryl methyl sites for hydroxylation is 1. The molecule has 7 heteroatoms. The second-order valence-electron chi connectivity index (χ2n) is 7.23. The van der Waals surface area contributed by atoms with Crippen molar-refractivity contribution >= 4 is 22.8 Å². The molecule has 1 saturated heterocycles. The summed E-state index contributed by atoms with van der Waals surface area (Å²) in [5, 5.41) is 3.15. The number of carbonyl (C=O) groups is 1. The van der Waals surface area contributed by atoms with Gasteiger partial charge in [0.15, 0.2) is 0 Å². The van der Waals surface area contributed by atoms with Crippen LogP contribution in [0.2, 0.25) is 0 Å². The SMILES string of the molecule is CC[C@@H](NC(=O)N1CCN(c2ccncc2)CC1)c1nc2ccc(C)cc2[nH]1. The summed E-state index contributed by atoms with van der Waals surface area (Å²) in [7, 11) is 0. The maximum Gasteiger partial charge on any atom is 0.318 e. The van der Waals surface area contributed by atoms with Crippen molar-refractivity contribution < 1.29 is 4.79 Å². The minimum absolute atomic E-state index is 0.0298. The number of hydrogen-bond acceptors (Lipinski definition) is 4. The summed E-state index contributed by atoms with van der Waals surface area (Å²) in [5.74, 6) is 0.812. The number of urea groups is 1. The molecular weight excluding hydrogens is 352 g/mol. The van der Waals surface area contributed by atoms with Gasteiger partial charge in [0.05, 0.1) is 17.1 Å². The van der Waals surface area contributed by atoms with Crippen molar-refractivity contribution in [3.63, 3.8) is 0 Å². The molecule has 0 radical (unpaired) electrons. The van der Waals surface area contributed by atoms with Gasteiger partial charge < -0.3 is 20.1 Å². The van der Waals surface area contributed by atoms with Gasteiger partial charge in [-0.1, -0.05) is 13.0 Å². The summed E-state index contributed by atoms with van der Waals surface area (Å²) in [6, 6.07) is 10.00. The molecule has 1 aliphatic rings. The van der Waals surface area contributed by atoms with Gasteiger partial charge in [0.25, 0.3) is 0 Å². The predicted molar refractivity (Wildman–Crippen MR) is 110 cm³/mol. The van der Waals surface area contributed by atoms with E-state index in [1.54, 1.807) is 12.4 Å². The smallest absolute Gasteiger partial charge is 0.318 e. The zero-order valence-corrected chi connectivity index (χ0v) is 16.4. The van der Waals surface area contributed by atoms with E-state index in [9.17, 15) is 4.79 Å². The van der Waals surface area contributed by atoms with E-state index in [-0.39, 0.29) is 12.1 Å². The second kappa shape index (κ2) is 7.88. The molecule has 0 unspecified atom stereocenters. The number of rotatable bonds is 4. The van der Waals surface area contributed by atoms with Gasteiger partial charge in [-0.2, -0.15) is 0 Å². The number of nitrogens with zero attached hydrogens (tertiary/aromatic N) is 4. The fourth-order valence-corrected chi connectivity index (χ4v) is 3.63. The van der Waals surface area contributed by atoms with Gasteiger partial charge in [-0.25, -0.2) is 9.78 Å². The quantitative estimate of drug-likeness (QED) is 0.731. The van der Waals surface area contributed by atoms with Crippen molar-refractivity contribution in [2.75, 3.05) is 31.1 Å². The largest absolute Gasteiger partial charge is 0.368 e. The molecular formula is C21H26N6O. The lowest BCUT2D eigenvalue weighted by molar-refractivity contribution is 0.189. The first-order valence-corrected chi connectivity index (χ1v) is 9.80. The number of pyridine rings is 1. The van der Waals surface area contributed by atoms with Crippen LogP contribution in [0.1, 0.15) is 30.8 Å². The number of anilines is 1. The first-order valence-electron chi connectivity index (χ1n) is 9.80. The molecule has 3 aromatic rings. The Morgan fingerprint density at radius 1 is 1.18 bits per heavy atom. The van der Waals surface area contributed by atoms with Crippen LogP contribution < -0.4 is 10.2 Å². The minimum atomic E-state index is -0.126. The topological polar surface area (TPSA) is 77.2 Å². The van der Waals surface area contributed by atoms with Crippen molar-refractivity contribution in [3.8, 4) is 0 Å². The number of H-pyrrole nitrogens is 1. The zero-order valence-electron chi connectivity index (χ0n) is 16.4. The number of amides is 2. The van der Waals surface area contributed by atoms with Crippen LogP contribution in [-0.2, 0) is 0 Å². The Morgan fingerprint density at radius 2 is 1.93 bits per heavy atom. The van der Waals surface area contributed by atoms with Crippen molar-refractivity contribution in [2.24, 2.45) is 0 Å². The van der Waals surface area contributed by atoms with Crippen molar-refractivity contribution in [3.05, 3.63) is 54.1 Å². The van der Waals surface area contributed by atoms with Gasteiger partial charge in [-0.3, -0.25) is 4.98 Å². The van der Waals surface area contributed by atoms with Crippen LogP contribution >= 0.6 is 0 Å². The molecule has 0 aliphatic carbocycles. The molecule has 0 saturated carbocycles. The average Bonchev–Trinajstić information content (AvgIpc) is 3.15. The van der Waals surface area contributed by atoms with E-state index in [4.69, 9.17) is 0 Å². The predicted octanol–water partition coefficient (Wildman–Crippen LogP) is 3.25. The fraction of sp³-hybridized carbons (Fsp3) is 0.381. The number of benzene rings is 1. The Hall–Kier alpha value is -3.09. The number of piperazine rings is 1. The van der Waals surface area contributed by atoms with Gasteiger partial charge in [-0.15, -0.1) is 0 Å². The van der Waals surface area contributed by atoms with E-state index in [0.29, 0.717) is 13.1 Å². The molecule has 0 spiro atoms. The van der Waals surface area contributed by atoms with Crippen LogP contribution in [-0.4, -0.2) is 52.1 Å². The van der Waals surface area contributed by atoms with Crippen molar-refractivity contribution in [1.29, 1.82) is 0 Å². The highest BCUT2D eigenvalue weighted by molar-refractivity contribution is 5.77. The highest BCUT2D eigenvalue weighted by atomic mass is 16.2. The summed E-state index contributed by atoms with van der Waals surface area (Å²) in [4.78, 5) is 29.1. The van der Waals surface area contributed by atoms with Gasteiger partial charge in [0.1, 0.15) is 5.82 Å². The van der Waals surface area contributed by atoms with E-state index >= 15 is 0 Å². The van der Waals surface area contributed by atoms with Gasteiger partial charge in [0, 0.05) is 44.3 Å². The molecule has 2 aromatic heterocycles. The van der Waals surface area contributed by atoms with Crippen LogP contribution in [0, 0.1) is 6.92 Å². The lowest BCUT2D eigenvalue weighted by atomic mass is 10.2. The number of hydrogen-bond donors (Lipinski definition) is 2. The molecule has 1 atom stereocenters. The van der Waals surface area contributed by atoms with Crippen LogP contribution in [0.5, 0.6) is 0 Å². The van der Waals surface area contributed by atoms with E-state index in [1.165, 1.54) is 5.56 Å². The molecule has 2 N–H and O–H groups in total. The maximum absolute atomic E-state index is 12.8. The molecule has 28 heavy (non-hydrogen) atoms. The summed E-state index contributed by atoms with van der Waals surface area (Å²) in [6.07, 6.45) is 4.38. The molecule has 1 aromatic carbocycles. The summed E-state index contributed by atoms with van der Waals surface area (Å²) in [5.41, 5.74) is 4.28. The van der Waals surface area contributed by atoms with E-state index in [1.807, 2.05) is 23.1 Å². The Kier molecular flexibility index (Phi) is 5.14. The number of aromatic amines is 1. The van der Waals surface area contributed by atoms with E-state index in [2.05, 4.69) is 51.1 Å². The second-order valence-corrected chi connectivity index (χ2v) is 7.23. The maximum atomic E-state index is 12.8. The fourth-order valence-electron chi connectivity index (χ4n) is 3.63. The number of imidazole rings is 1. The zero-order chi connectivity index (χ0) is 19.5. The van der Waals surface area contributed by atoms with E-state index < -0.39 is 0 Å². The average molecular weight is 378 g/mol. The lowest BCUT2D eigenvalue weighted by Gasteiger charge is -2.36. The highest BCUT2D eigenvalue weighted by Crippen LogP contribution is 2.20. The summed E-state index contributed by atoms with van der Waals surface area (Å²) >= 11 is 0. The molecule has 0 bridgehead atoms. The molecule has 146 valence electrons. The van der Waals surface area contributed by atoms with Gasteiger partial charge in [0.2, 0.25) is 0 Å². The minimum Gasteiger partial charge on any atom is -0.368 e. The number of carbonyl (C=O) groups excluding carboxylic acids is 1. The third-order valence-corrected chi connectivity index (χ3v) is 5.29. The molecule has 1 fully saturated rings. The van der Waals surface area contributed by atoms with Crippen molar-refractivity contribution in [1.82, 2.24) is 25.2 Å². The van der Waals surface area contributed by atoms with Crippen molar-refractivity contribution in [2.45, 2.75) is 26.3 Å². The monoisotopic (exact) mass is 378 g/mol. The van der Waals surface area contributed by atoms with Gasteiger partial charge in [-0.05, 0) is 43.2 Å². The van der Waals surface area contributed by atoms with Crippen LogP contribution in [0.25, 0.3) is 11.0 Å². The Balaban J connectivity index is 1.39. The molecule has 2 amide bonds. The molecule has 4 rings (SSSR count). The first kappa shape index (κ1) is 18.3. The van der Waals surface area contributed by atoms with Crippen LogP contribution in [0.3, 0.4) is 0 Å². The number of aromatic nitrogens is 3. The first-order chi connectivity index (χ1) is 13.6. The van der Waals surface area contributed by atoms with E-state index in [0.717, 1.165) is 42.1 Å². The summed E-state index contributed by atoms with van der Waals surface area (Å²) < 4.78 is 0. The molecule has 1 aliphatic heterocycles. The highest BCUT2D eigenvalue weighted by Gasteiger charge is 2.24. The lowest BCUT2D eigenvalue weighted by Crippen LogP contribution is -2.52. The normalized spacial score (nSPS) is 15.6. The number of nitrogens with one attached hydrogen (secondary N) is 2. The summed E-state index contributed by atoms with van der Waals surface area (Å²) in [6.45, 7) is 7.15. The Labute approximate surface area is 164 Å². The molecule has 3 heterocycles. The van der Waals surface area contributed by atoms with Crippen LogP contribution in [0.15, 0.2) is 42.7 Å². The van der Waals surface area contributed by atoms with Gasteiger partial charge >= 0.3 is 6.03 Å².